The lowest BCUT2D eigenvalue weighted by atomic mass is 9.97. The highest BCUT2D eigenvalue weighted by Crippen LogP contribution is 2.32. The van der Waals surface area contributed by atoms with Crippen LogP contribution in [0.2, 0.25) is 0 Å². The minimum Gasteiger partial charge on any atom is -0.490 e. The highest BCUT2D eigenvalue weighted by atomic mass is 16.6. The van der Waals surface area contributed by atoms with Gasteiger partial charge >= 0.3 is 35.8 Å². The number of fused-ring (bicyclic) bond motifs is 8. The number of benzene rings is 15. The maximum atomic E-state index is 11.6. The third kappa shape index (κ3) is 27.8. The third-order valence-electron chi connectivity index (χ3n) is 17.7. The maximum absolute atomic E-state index is 11.6. The lowest BCUT2D eigenvalue weighted by Gasteiger charge is -2.11. The van der Waals surface area contributed by atoms with E-state index >= 15 is 0 Å². The molecule has 2 amide bonds. The van der Waals surface area contributed by atoms with Crippen molar-refractivity contribution in [2.45, 2.75) is 27.4 Å². The molecule has 0 fully saturated rings. The molecule has 2 N–H and O–H groups in total. The van der Waals surface area contributed by atoms with Crippen LogP contribution in [0.5, 0.6) is 28.7 Å². The van der Waals surface area contributed by atoms with Crippen molar-refractivity contribution in [2.75, 3.05) is 37.1 Å². The lowest BCUT2D eigenvalue weighted by Crippen LogP contribution is -2.11. The Morgan fingerprint density at radius 1 is 0.279 bits per heavy atom. The van der Waals surface area contributed by atoms with Crippen molar-refractivity contribution in [2.24, 2.45) is 0 Å². The summed E-state index contributed by atoms with van der Waals surface area (Å²) in [5, 5.41) is 22.8. The summed E-state index contributed by atoms with van der Waals surface area (Å²) >= 11 is 0. The van der Waals surface area contributed by atoms with Crippen molar-refractivity contribution in [3.05, 3.63) is 396 Å². The molecule has 15 rings (SSSR count). The van der Waals surface area contributed by atoms with E-state index in [0.717, 1.165) is 128 Å². The van der Waals surface area contributed by atoms with Crippen molar-refractivity contribution < 1.29 is 76.3 Å². The summed E-state index contributed by atoms with van der Waals surface area (Å²) in [5.41, 5.74) is 3.50. The van der Waals surface area contributed by atoms with Crippen molar-refractivity contribution in [3.8, 4) is 28.7 Å². The Morgan fingerprint density at radius 2 is 0.607 bits per heavy atom. The van der Waals surface area contributed by atoms with E-state index in [1.807, 2.05) is 243 Å². The Kier molecular flexibility index (Phi) is 34.3. The molecule has 0 heterocycles. The standard InChI is InChI=1S/C18H14O2.C16H15NO3.2C15H14O3.C14H13NO.2C13H10O2/c1-2-18(19)20-12-17-15-9-5-3-7-13(15)11-14-8-4-6-10-16(14)17;1-10(2)16(19)17-14-6-4-13-9-15(20-11(3)18)7-5-12(13)8-14;1-2-15(16)18-11-10-17-14-9-5-7-12-6-3-4-8-13(12)14;1-2-15(16)18-10-9-17-14-8-7-12-5-3-4-6-13(12)11-14;1-10(2)14(16)15-13-8-7-11-5-3-4-6-12(11)9-13;1-2-13(14)15-12-9-5-7-10-6-3-4-8-11(10)12;1-2-13(14)15-12-8-7-10-5-3-4-6-11(10)9-12/h2-11H,1,12H2;4-9H,1H2,2-3H3,(H,17,19);2-9H,1,10-11H2;2-8,11H,1,9-10H2;3-9H,1H2,2H3,(H,15,16);2*2-9H,1H2. The molecule has 18 heteroatoms. The average molecular weight is 1620 g/mol. The van der Waals surface area contributed by atoms with Gasteiger partial charge in [0.1, 0.15) is 61.8 Å². The summed E-state index contributed by atoms with van der Waals surface area (Å²) in [6.45, 7) is 30.0. The van der Waals surface area contributed by atoms with Crippen LogP contribution in [0.1, 0.15) is 26.3 Å². The third-order valence-corrected chi connectivity index (χ3v) is 17.7. The van der Waals surface area contributed by atoms with Crippen LogP contribution in [0.3, 0.4) is 0 Å². The van der Waals surface area contributed by atoms with E-state index in [9.17, 15) is 38.4 Å². The SMILES string of the molecule is C=C(C)C(=O)Nc1ccc2cc(OC(C)=O)ccc2c1.C=C(C)C(=O)Nc1ccc2ccccc2c1.C=CC(=O)OCCOc1ccc2ccccc2c1.C=CC(=O)OCCOc1cccc2ccccc12.C=CC(=O)OCc1c2ccccc2cc2ccccc12.C=CC(=O)Oc1ccc2ccccc2c1.C=CC(=O)Oc1cccc2ccccc12. The fraction of sp³-hybridized carbons (Fsp3) is 0.0769. The normalized spacial score (nSPS) is 10.1. The molecule has 0 atom stereocenters. The first-order valence-electron chi connectivity index (χ1n) is 38.4. The summed E-state index contributed by atoms with van der Waals surface area (Å²) < 4.78 is 41.2. The molecule has 18 nitrogen and oxygen atoms in total. The van der Waals surface area contributed by atoms with Crippen molar-refractivity contribution in [1.82, 2.24) is 0 Å². The average Bonchev–Trinajstić information content (AvgIpc) is 0.772. The predicted molar refractivity (Wildman–Crippen MR) is 488 cm³/mol. The van der Waals surface area contributed by atoms with Gasteiger partial charge in [0.15, 0.2) is 0 Å². The zero-order valence-electron chi connectivity index (χ0n) is 67.8. The first kappa shape index (κ1) is 89.8. The summed E-state index contributed by atoms with van der Waals surface area (Å²) in [4.78, 5) is 88.9. The van der Waals surface area contributed by atoms with Gasteiger partial charge in [-0.2, -0.15) is 0 Å². The minimum atomic E-state index is -0.440. The van der Waals surface area contributed by atoms with Gasteiger partial charge in [0, 0.05) is 76.2 Å². The zero-order valence-corrected chi connectivity index (χ0v) is 67.8. The molecule has 15 aromatic rings. The molecule has 15 aromatic carbocycles. The molecule has 612 valence electrons. The van der Waals surface area contributed by atoms with Crippen LogP contribution in [0.15, 0.2) is 391 Å². The van der Waals surface area contributed by atoms with Gasteiger partial charge in [-0.3, -0.25) is 14.4 Å². The molecule has 0 radical (unpaired) electrons. The molecule has 0 saturated carbocycles. The Labute approximate surface area is 707 Å². The van der Waals surface area contributed by atoms with Crippen molar-refractivity contribution >= 4 is 145 Å². The molecular weight excluding hydrogens is 1530 g/mol. The summed E-state index contributed by atoms with van der Waals surface area (Å²) in [7, 11) is 0. The molecule has 0 saturated heterocycles. The first-order valence-corrected chi connectivity index (χ1v) is 38.4. The van der Waals surface area contributed by atoms with Gasteiger partial charge in [-0.05, 0) is 168 Å². The van der Waals surface area contributed by atoms with Crippen LogP contribution in [0.4, 0.5) is 11.4 Å². The molecule has 0 aliphatic heterocycles. The maximum Gasteiger partial charge on any atom is 0.335 e. The summed E-state index contributed by atoms with van der Waals surface area (Å²) in [6, 6.07) is 97.6. The highest BCUT2D eigenvalue weighted by molar-refractivity contribution is 6.06. The summed E-state index contributed by atoms with van der Waals surface area (Å²) in [6.07, 6.45) is 5.76. The van der Waals surface area contributed by atoms with Gasteiger partial charge in [-0.1, -0.05) is 271 Å². The van der Waals surface area contributed by atoms with Gasteiger partial charge in [0.2, 0.25) is 0 Å². The number of carbonyl (C=O) groups is 8. The number of rotatable bonds is 22. The molecule has 0 aromatic heterocycles. The Bertz CT molecular complexity index is 6280. The largest absolute Gasteiger partial charge is 0.490 e. The van der Waals surface area contributed by atoms with Crippen LogP contribution in [-0.4, -0.2) is 74.1 Å². The van der Waals surface area contributed by atoms with E-state index in [2.05, 4.69) is 87.0 Å². The fourth-order valence-electron chi connectivity index (χ4n) is 11.9. The number of anilines is 2. The predicted octanol–water partition coefficient (Wildman–Crippen LogP) is 22.6. The second-order valence-electron chi connectivity index (χ2n) is 26.6. The quantitative estimate of drug-likeness (QED) is 0.0160. The number of ether oxygens (including phenoxy) is 8. The Hall–Kier alpha value is -16.1. The van der Waals surface area contributed by atoms with Crippen molar-refractivity contribution in [1.29, 1.82) is 0 Å². The van der Waals surface area contributed by atoms with E-state index in [-0.39, 0.29) is 37.6 Å². The second-order valence-corrected chi connectivity index (χ2v) is 26.6. The van der Waals surface area contributed by atoms with Gasteiger partial charge in [0.25, 0.3) is 11.8 Å². The minimum absolute atomic E-state index is 0.143. The Balaban J connectivity index is 0.000000162. The van der Waals surface area contributed by atoms with Crippen molar-refractivity contribution in [3.63, 3.8) is 0 Å². The van der Waals surface area contributed by atoms with E-state index < -0.39 is 29.8 Å². The van der Waals surface area contributed by atoms with E-state index in [1.165, 1.54) is 18.4 Å². The molecule has 0 aliphatic rings. The van der Waals surface area contributed by atoms with E-state index in [4.69, 9.17) is 37.9 Å². The number of amides is 2. The Morgan fingerprint density at radius 3 is 1.07 bits per heavy atom. The number of carbonyl (C=O) groups excluding carboxylic acids is 8. The van der Waals surface area contributed by atoms with Crippen LogP contribution in [0.25, 0.3) is 86.2 Å². The summed E-state index contributed by atoms with van der Waals surface area (Å²) in [5.74, 6) is 0.324. The first-order chi connectivity index (χ1) is 59.1. The molecule has 0 spiro atoms. The van der Waals surface area contributed by atoms with Gasteiger partial charge < -0.3 is 48.5 Å². The topological polar surface area (TPSA) is 234 Å². The van der Waals surface area contributed by atoms with Gasteiger partial charge in [-0.15, -0.1) is 0 Å². The van der Waals surface area contributed by atoms with Crippen LogP contribution >= 0.6 is 0 Å². The molecule has 0 aliphatic carbocycles. The van der Waals surface area contributed by atoms with E-state index in [0.29, 0.717) is 47.3 Å². The highest BCUT2D eigenvalue weighted by Gasteiger charge is 2.12. The van der Waals surface area contributed by atoms with Crippen LogP contribution in [0, 0.1) is 0 Å². The molecule has 0 unspecified atom stereocenters. The van der Waals surface area contributed by atoms with Gasteiger partial charge in [-0.25, -0.2) is 24.0 Å². The van der Waals surface area contributed by atoms with Gasteiger partial charge in [0.05, 0.1) is 0 Å². The fourth-order valence-corrected chi connectivity index (χ4v) is 11.9. The number of hydrogen-bond acceptors (Lipinski definition) is 16. The number of hydrogen-bond donors (Lipinski definition) is 2. The smallest absolute Gasteiger partial charge is 0.335 e. The molecule has 122 heavy (non-hydrogen) atoms. The lowest BCUT2D eigenvalue weighted by molar-refractivity contribution is -0.139. The number of nitrogens with one attached hydrogen (secondary N) is 2. The number of esters is 6. The zero-order chi connectivity index (χ0) is 87.1. The van der Waals surface area contributed by atoms with Crippen LogP contribution < -0.4 is 34.3 Å². The molecule has 0 bridgehead atoms. The monoisotopic (exact) mass is 1620 g/mol. The van der Waals surface area contributed by atoms with Crippen LogP contribution in [-0.2, 0) is 59.2 Å². The molecular formula is C104H90N2O16. The van der Waals surface area contributed by atoms with E-state index in [1.54, 1.807) is 44.2 Å². The second kappa shape index (κ2) is 46.6.